The van der Waals surface area contributed by atoms with Crippen molar-refractivity contribution in [1.29, 1.82) is 0 Å². The van der Waals surface area contributed by atoms with E-state index in [1.54, 1.807) is 26.4 Å². The monoisotopic (exact) mass is 1060 g/mol. The topological polar surface area (TPSA) is 58.9 Å². The molecule has 2 heterocycles. The molecule has 0 saturated carbocycles. The van der Waals surface area contributed by atoms with Crippen molar-refractivity contribution in [3.8, 4) is 23.0 Å². The minimum atomic E-state index is 0.286. The molecule has 0 fully saturated rings. The van der Waals surface area contributed by atoms with E-state index in [2.05, 4.69) is 182 Å². The smallest absolute Gasteiger partial charge is 0.119 e. The van der Waals surface area contributed by atoms with Crippen LogP contribution in [-0.4, -0.2) is 24.4 Å². The Labute approximate surface area is 464 Å². The maximum Gasteiger partial charge on any atom is 0.119 e. The first kappa shape index (κ1) is 45.3. The van der Waals surface area contributed by atoms with Crippen LogP contribution in [0.3, 0.4) is 0 Å². The Morgan fingerprint density at radius 1 is 0.212 bits per heavy atom. The highest BCUT2D eigenvalue weighted by Crippen LogP contribution is 2.48. The molecule has 0 atom stereocenters. The van der Waals surface area contributed by atoms with Crippen LogP contribution in [0.5, 0.6) is 23.0 Å². The number of rotatable bonds is 2. The Morgan fingerprint density at radius 3 is 0.688 bits per heavy atom. The standard InChI is InChI=1S/C38H24O2S.C36H20O2S/c1-39-21-11-13-27-29(15-21)23-7-3-5-9-25(23)31-17-35-36-18-32-26-10-6-4-8-24(26)30-16-22(40-2)12-14-28(30)34(32)20-38(36)41-37(35)19-33(27)31;37-19-9-11-25-27(13-19)21-5-1-3-7-23(21)29-15-33-34-16-30-24-8-4-2-6-22(24)28-14-20(38)10-12-26(28)32(30)18-36(34)39-35(33)17-31(25)29/h3-20H,1-2H3;1-18,37-38H. The molecule has 18 aromatic rings. The van der Waals surface area contributed by atoms with E-state index in [1.807, 2.05) is 46.9 Å². The lowest BCUT2D eigenvalue weighted by Gasteiger charge is -2.12. The van der Waals surface area contributed by atoms with Gasteiger partial charge in [-0.05, 0) is 226 Å². The van der Waals surface area contributed by atoms with Crippen molar-refractivity contribution in [3.05, 3.63) is 218 Å². The molecule has 2 N–H and O–H groups in total. The zero-order valence-corrected chi connectivity index (χ0v) is 44.9. The predicted molar refractivity (Wildman–Crippen MR) is 345 cm³/mol. The number of phenolic OH excluding ortho intramolecular Hbond substituents is 2. The van der Waals surface area contributed by atoms with Gasteiger partial charge in [-0.3, -0.25) is 0 Å². The number of methoxy groups -OCH3 is 2. The van der Waals surface area contributed by atoms with Gasteiger partial charge in [0.1, 0.15) is 23.0 Å². The van der Waals surface area contributed by atoms with E-state index in [0.717, 1.165) is 43.8 Å². The van der Waals surface area contributed by atoms with E-state index in [0.29, 0.717) is 0 Å². The summed E-state index contributed by atoms with van der Waals surface area (Å²) in [6.07, 6.45) is 0. The van der Waals surface area contributed by atoms with Crippen LogP contribution in [0.2, 0.25) is 0 Å². The summed E-state index contributed by atoms with van der Waals surface area (Å²) < 4.78 is 16.3. The van der Waals surface area contributed by atoms with Crippen LogP contribution >= 0.6 is 22.7 Å². The van der Waals surface area contributed by atoms with Crippen LogP contribution in [-0.2, 0) is 0 Å². The van der Waals surface area contributed by atoms with Crippen molar-refractivity contribution >= 4 is 192 Å². The Hall–Kier alpha value is -9.72. The fourth-order valence-electron chi connectivity index (χ4n) is 13.5. The van der Waals surface area contributed by atoms with Gasteiger partial charge in [0.2, 0.25) is 0 Å². The van der Waals surface area contributed by atoms with Gasteiger partial charge in [0.05, 0.1) is 14.2 Å². The van der Waals surface area contributed by atoms with Crippen molar-refractivity contribution < 1.29 is 19.7 Å². The number of hydrogen-bond donors (Lipinski definition) is 2. The molecule has 0 amide bonds. The zero-order chi connectivity index (χ0) is 53.1. The van der Waals surface area contributed by atoms with Gasteiger partial charge in [-0.15, -0.1) is 22.7 Å². The van der Waals surface area contributed by atoms with Gasteiger partial charge >= 0.3 is 0 Å². The molecule has 0 unspecified atom stereocenters. The summed E-state index contributed by atoms with van der Waals surface area (Å²) in [7, 11) is 3.47. The van der Waals surface area contributed by atoms with Crippen LogP contribution in [0, 0.1) is 0 Å². The van der Waals surface area contributed by atoms with Crippen LogP contribution in [0.25, 0.3) is 170 Å². The molecule has 2 aromatic heterocycles. The van der Waals surface area contributed by atoms with Gasteiger partial charge in [-0.25, -0.2) is 0 Å². The van der Waals surface area contributed by atoms with Crippen LogP contribution in [0.1, 0.15) is 0 Å². The van der Waals surface area contributed by atoms with Gasteiger partial charge in [0.15, 0.2) is 0 Å². The SMILES string of the molecule is COc1ccc2c(c1)c1ccccc1c1cc3c(cc21)sc1cc2c4ccc(OC)cc4c4ccccc4c2cc13.Oc1ccc2c(c1)c1ccccc1c1cc3c(cc21)sc1cc2c4ccc(O)cc4c4ccccc4c2cc13. The normalized spacial score (nSPS) is 12.2. The van der Waals surface area contributed by atoms with E-state index in [4.69, 9.17) is 9.47 Å². The van der Waals surface area contributed by atoms with E-state index >= 15 is 0 Å². The van der Waals surface area contributed by atoms with Crippen molar-refractivity contribution in [2.24, 2.45) is 0 Å². The molecule has 4 nitrogen and oxygen atoms in total. The van der Waals surface area contributed by atoms with E-state index in [1.165, 1.54) is 137 Å². The quantitative estimate of drug-likeness (QED) is 0.169. The lowest BCUT2D eigenvalue weighted by atomic mass is 9.92. The zero-order valence-electron chi connectivity index (χ0n) is 43.3. The molecule has 0 saturated heterocycles. The summed E-state index contributed by atoms with van der Waals surface area (Å²) in [6, 6.07) is 77.9. The maximum atomic E-state index is 10.3. The number of hydrogen-bond acceptors (Lipinski definition) is 6. The third-order valence-electron chi connectivity index (χ3n) is 17.1. The van der Waals surface area contributed by atoms with Crippen LogP contribution < -0.4 is 9.47 Å². The number of thiophene rings is 2. The average molecular weight is 1060 g/mol. The number of aromatic hydroxyl groups is 2. The highest BCUT2D eigenvalue weighted by molar-refractivity contribution is 7.26. The summed E-state index contributed by atoms with van der Waals surface area (Å²) in [5.41, 5.74) is 0. The van der Waals surface area contributed by atoms with Gasteiger partial charge in [0, 0.05) is 40.3 Å². The predicted octanol–water partition coefficient (Wildman–Crippen LogP) is 21.4. The van der Waals surface area contributed by atoms with Crippen molar-refractivity contribution in [3.63, 3.8) is 0 Å². The van der Waals surface area contributed by atoms with Crippen LogP contribution in [0.15, 0.2) is 218 Å². The van der Waals surface area contributed by atoms with Gasteiger partial charge in [-0.2, -0.15) is 0 Å². The number of fused-ring (bicyclic) bond motifs is 30. The lowest BCUT2D eigenvalue weighted by molar-refractivity contribution is 0.415. The molecular formula is C74H44O4S2. The summed E-state index contributed by atoms with van der Waals surface area (Å²) in [4.78, 5) is 0. The molecule has 0 aliphatic rings. The van der Waals surface area contributed by atoms with Gasteiger partial charge in [-0.1, -0.05) is 121 Å². The second-order valence-corrected chi connectivity index (χ2v) is 23.4. The summed E-state index contributed by atoms with van der Waals surface area (Å²) in [5.74, 6) is 2.34. The number of benzene rings is 16. The highest BCUT2D eigenvalue weighted by atomic mass is 32.1. The minimum Gasteiger partial charge on any atom is -0.508 e. The maximum absolute atomic E-state index is 10.3. The first-order chi connectivity index (χ1) is 39.3. The number of ether oxygens (including phenoxy) is 2. The van der Waals surface area contributed by atoms with Crippen molar-refractivity contribution in [1.82, 2.24) is 0 Å². The average Bonchev–Trinajstić information content (AvgIpc) is 4.08. The van der Waals surface area contributed by atoms with E-state index in [9.17, 15) is 10.2 Å². The Kier molecular flexibility index (Phi) is 9.57. The van der Waals surface area contributed by atoms with E-state index < -0.39 is 0 Å². The minimum absolute atomic E-state index is 0.286. The first-order valence-electron chi connectivity index (χ1n) is 26.9. The molecule has 0 bridgehead atoms. The van der Waals surface area contributed by atoms with Gasteiger partial charge in [0.25, 0.3) is 0 Å². The molecular weight excluding hydrogens is 1020 g/mol. The summed E-state index contributed by atoms with van der Waals surface area (Å²) in [5, 5.41) is 54.9. The van der Waals surface area contributed by atoms with Crippen LogP contribution in [0.4, 0.5) is 0 Å². The summed E-state index contributed by atoms with van der Waals surface area (Å²) in [6.45, 7) is 0. The second-order valence-electron chi connectivity index (χ2n) is 21.2. The molecule has 0 aliphatic heterocycles. The second kappa shape index (κ2) is 16.9. The molecule has 0 aliphatic carbocycles. The fraction of sp³-hybridized carbons (Fsp3) is 0.0270. The molecule has 6 heteroatoms. The molecule has 80 heavy (non-hydrogen) atoms. The first-order valence-corrected chi connectivity index (χ1v) is 28.5. The largest absolute Gasteiger partial charge is 0.508 e. The number of phenols is 2. The highest BCUT2D eigenvalue weighted by Gasteiger charge is 2.19. The van der Waals surface area contributed by atoms with Crippen molar-refractivity contribution in [2.75, 3.05) is 14.2 Å². The molecule has 0 spiro atoms. The summed E-state index contributed by atoms with van der Waals surface area (Å²) >= 11 is 3.71. The fourth-order valence-corrected chi connectivity index (χ4v) is 15.8. The van der Waals surface area contributed by atoms with Crippen molar-refractivity contribution in [2.45, 2.75) is 0 Å². The molecule has 16 aromatic carbocycles. The Balaban J connectivity index is 0.000000128. The lowest BCUT2D eigenvalue weighted by Crippen LogP contribution is -1.87. The third kappa shape index (κ3) is 6.49. The molecule has 376 valence electrons. The molecule has 0 radical (unpaired) electrons. The molecule has 18 rings (SSSR count). The Bertz CT molecular complexity index is 5440. The van der Waals surface area contributed by atoms with Gasteiger partial charge < -0.3 is 19.7 Å². The third-order valence-corrected chi connectivity index (χ3v) is 19.4. The Morgan fingerprint density at radius 2 is 0.425 bits per heavy atom. The van der Waals surface area contributed by atoms with E-state index in [-0.39, 0.29) is 11.5 Å².